The minimum atomic E-state index is -3.34. The summed E-state index contributed by atoms with van der Waals surface area (Å²) in [4.78, 5) is 17.3. The molecule has 29 heavy (non-hydrogen) atoms. The Morgan fingerprint density at radius 1 is 1.17 bits per heavy atom. The van der Waals surface area contributed by atoms with Gasteiger partial charge < -0.3 is 5.32 Å². The second-order valence-electron chi connectivity index (χ2n) is 7.68. The summed E-state index contributed by atoms with van der Waals surface area (Å²) in [6.07, 6.45) is 6.46. The standard InChI is InChI=1S/C22H28N2O3S2/c1-17-7-5-8-18(15-17)16-24-21(25)20-11-6-12-23-22(20)28-13-14-29(26,27)19-9-3-2-4-10-19/h2-4,6,9-12,17-18H,5,7-8,13-16H2,1H3,(H,24,25). The lowest BCUT2D eigenvalue weighted by Gasteiger charge is -2.26. The van der Waals surface area contributed by atoms with Crippen molar-refractivity contribution >= 4 is 27.5 Å². The van der Waals surface area contributed by atoms with Gasteiger partial charge in [-0.25, -0.2) is 13.4 Å². The van der Waals surface area contributed by atoms with Gasteiger partial charge in [0.1, 0.15) is 5.03 Å². The Labute approximate surface area is 177 Å². The summed E-state index contributed by atoms with van der Waals surface area (Å²) in [5.41, 5.74) is 0.512. The van der Waals surface area contributed by atoms with Crippen LogP contribution in [0.5, 0.6) is 0 Å². The lowest BCUT2D eigenvalue weighted by molar-refractivity contribution is 0.0937. The topological polar surface area (TPSA) is 76.1 Å². The molecule has 7 heteroatoms. The van der Waals surface area contributed by atoms with E-state index < -0.39 is 9.84 Å². The summed E-state index contributed by atoms with van der Waals surface area (Å²) >= 11 is 1.31. The number of carbonyl (C=O) groups excluding carboxylic acids is 1. The Morgan fingerprint density at radius 2 is 1.97 bits per heavy atom. The monoisotopic (exact) mass is 432 g/mol. The van der Waals surface area contributed by atoms with E-state index in [1.165, 1.54) is 24.6 Å². The fourth-order valence-corrected chi connectivity index (χ4v) is 6.41. The molecule has 0 spiro atoms. The van der Waals surface area contributed by atoms with E-state index in [2.05, 4.69) is 17.2 Å². The van der Waals surface area contributed by atoms with E-state index in [0.717, 1.165) is 18.8 Å². The van der Waals surface area contributed by atoms with Crippen LogP contribution in [0.1, 0.15) is 43.0 Å². The molecule has 1 aliphatic rings. The van der Waals surface area contributed by atoms with Gasteiger partial charge in [-0.05, 0) is 48.9 Å². The van der Waals surface area contributed by atoms with Gasteiger partial charge in [-0.3, -0.25) is 4.79 Å². The molecular weight excluding hydrogens is 404 g/mol. The summed E-state index contributed by atoms with van der Waals surface area (Å²) in [6, 6.07) is 11.9. The van der Waals surface area contributed by atoms with Gasteiger partial charge in [0.15, 0.2) is 9.84 Å². The highest BCUT2D eigenvalue weighted by Gasteiger charge is 2.21. The van der Waals surface area contributed by atoms with Crippen LogP contribution in [0, 0.1) is 11.8 Å². The molecule has 1 fully saturated rings. The maximum Gasteiger partial charge on any atom is 0.254 e. The van der Waals surface area contributed by atoms with Crippen LogP contribution >= 0.6 is 11.8 Å². The number of aromatic nitrogens is 1. The van der Waals surface area contributed by atoms with Crippen LogP contribution < -0.4 is 5.32 Å². The molecule has 5 nitrogen and oxygen atoms in total. The Morgan fingerprint density at radius 3 is 2.72 bits per heavy atom. The zero-order valence-corrected chi connectivity index (χ0v) is 18.3. The zero-order valence-electron chi connectivity index (χ0n) is 16.7. The normalized spacial score (nSPS) is 19.6. The van der Waals surface area contributed by atoms with E-state index in [1.54, 1.807) is 48.7 Å². The van der Waals surface area contributed by atoms with E-state index in [9.17, 15) is 13.2 Å². The molecule has 0 radical (unpaired) electrons. The third-order valence-electron chi connectivity index (χ3n) is 5.31. The summed E-state index contributed by atoms with van der Waals surface area (Å²) in [7, 11) is -3.34. The van der Waals surface area contributed by atoms with E-state index in [4.69, 9.17) is 0 Å². The van der Waals surface area contributed by atoms with Crippen molar-refractivity contribution < 1.29 is 13.2 Å². The second-order valence-corrected chi connectivity index (χ2v) is 10.9. The van der Waals surface area contributed by atoms with E-state index in [-0.39, 0.29) is 11.7 Å². The van der Waals surface area contributed by atoms with Crippen LogP contribution in [0.3, 0.4) is 0 Å². The number of nitrogens with zero attached hydrogens (tertiary/aromatic N) is 1. The van der Waals surface area contributed by atoms with Crippen molar-refractivity contribution in [3.05, 3.63) is 54.2 Å². The number of benzene rings is 1. The van der Waals surface area contributed by atoms with E-state index >= 15 is 0 Å². The van der Waals surface area contributed by atoms with Crippen LogP contribution in [0.15, 0.2) is 58.6 Å². The predicted octanol–water partition coefficient (Wildman–Crippen LogP) is 4.20. The number of nitrogens with one attached hydrogen (secondary N) is 1. The Kier molecular flexibility index (Phi) is 7.72. The lowest BCUT2D eigenvalue weighted by Crippen LogP contribution is -2.31. The molecule has 2 aromatic rings. The lowest BCUT2D eigenvalue weighted by atomic mass is 9.82. The van der Waals surface area contributed by atoms with Crippen LogP contribution in [0.4, 0.5) is 0 Å². The molecule has 3 rings (SSSR count). The maximum atomic E-state index is 12.7. The number of hydrogen-bond donors (Lipinski definition) is 1. The molecule has 0 aliphatic heterocycles. The van der Waals surface area contributed by atoms with Crippen molar-refractivity contribution in [2.75, 3.05) is 18.1 Å². The first kappa shape index (κ1) is 21.8. The van der Waals surface area contributed by atoms with Crippen molar-refractivity contribution in [3.8, 4) is 0 Å². The molecule has 1 saturated carbocycles. The third-order valence-corrected chi connectivity index (χ3v) is 8.30. The van der Waals surface area contributed by atoms with E-state index in [0.29, 0.717) is 33.7 Å². The first-order valence-corrected chi connectivity index (χ1v) is 12.7. The average molecular weight is 433 g/mol. The van der Waals surface area contributed by atoms with E-state index in [1.807, 2.05) is 0 Å². The van der Waals surface area contributed by atoms with Gasteiger partial charge in [-0.1, -0.05) is 38.0 Å². The van der Waals surface area contributed by atoms with Gasteiger partial charge in [0, 0.05) is 18.5 Å². The van der Waals surface area contributed by atoms with Crippen molar-refractivity contribution in [1.29, 1.82) is 0 Å². The Bertz CT molecular complexity index is 917. The highest BCUT2D eigenvalue weighted by Crippen LogP contribution is 2.28. The predicted molar refractivity (Wildman–Crippen MR) is 117 cm³/mol. The maximum absolute atomic E-state index is 12.7. The van der Waals surface area contributed by atoms with Gasteiger partial charge in [0.2, 0.25) is 0 Å². The first-order chi connectivity index (χ1) is 14.0. The van der Waals surface area contributed by atoms with Gasteiger partial charge in [0.05, 0.1) is 16.2 Å². The average Bonchev–Trinajstić information content (AvgIpc) is 2.73. The van der Waals surface area contributed by atoms with Gasteiger partial charge in [0.25, 0.3) is 5.91 Å². The van der Waals surface area contributed by atoms with Gasteiger partial charge >= 0.3 is 0 Å². The molecular formula is C22H28N2O3S2. The number of sulfone groups is 1. The molecule has 1 heterocycles. The molecule has 156 valence electrons. The number of amides is 1. The molecule has 1 N–H and O–H groups in total. The van der Waals surface area contributed by atoms with Crippen molar-refractivity contribution in [3.63, 3.8) is 0 Å². The molecule has 0 saturated heterocycles. The molecule has 1 amide bonds. The quantitative estimate of drug-likeness (QED) is 0.633. The third kappa shape index (κ3) is 6.31. The smallest absolute Gasteiger partial charge is 0.254 e. The number of rotatable bonds is 8. The van der Waals surface area contributed by atoms with Crippen molar-refractivity contribution in [2.24, 2.45) is 11.8 Å². The van der Waals surface area contributed by atoms with Crippen molar-refractivity contribution in [2.45, 2.75) is 42.5 Å². The number of thioether (sulfide) groups is 1. The molecule has 2 atom stereocenters. The highest BCUT2D eigenvalue weighted by molar-refractivity contribution is 8.00. The second kappa shape index (κ2) is 10.3. The number of carbonyl (C=O) groups is 1. The fourth-order valence-electron chi connectivity index (χ4n) is 3.75. The zero-order chi connectivity index (χ0) is 20.7. The minimum Gasteiger partial charge on any atom is -0.352 e. The molecule has 1 aromatic heterocycles. The molecule has 0 bridgehead atoms. The van der Waals surface area contributed by atoms with Gasteiger partial charge in [-0.15, -0.1) is 11.8 Å². The number of hydrogen-bond acceptors (Lipinski definition) is 5. The highest BCUT2D eigenvalue weighted by atomic mass is 32.2. The van der Waals surface area contributed by atoms with Crippen LogP contribution in [-0.4, -0.2) is 37.4 Å². The van der Waals surface area contributed by atoms with Crippen LogP contribution in [-0.2, 0) is 9.84 Å². The molecule has 1 aromatic carbocycles. The summed E-state index contributed by atoms with van der Waals surface area (Å²) < 4.78 is 24.9. The summed E-state index contributed by atoms with van der Waals surface area (Å²) in [5.74, 6) is 1.46. The van der Waals surface area contributed by atoms with Crippen molar-refractivity contribution in [1.82, 2.24) is 10.3 Å². The fraction of sp³-hybridized carbons (Fsp3) is 0.455. The summed E-state index contributed by atoms with van der Waals surface area (Å²) in [6.45, 7) is 2.96. The number of pyridine rings is 1. The molecule has 1 aliphatic carbocycles. The minimum absolute atomic E-state index is 0.000718. The Hall–Kier alpha value is -1.86. The van der Waals surface area contributed by atoms with Crippen LogP contribution in [0.25, 0.3) is 0 Å². The van der Waals surface area contributed by atoms with Crippen LogP contribution in [0.2, 0.25) is 0 Å². The van der Waals surface area contributed by atoms with Gasteiger partial charge in [-0.2, -0.15) is 0 Å². The Balaban J connectivity index is 1.56. The largest absolute Gasteiger partial charge is 0.352 e. The summed E-state index contributed by atoms with van der Waals surface area (Å²) in [5, 5.41) is 3.63. The SMILES string of the molecule is CC1CCCC(CNC(=O)c2cccnc2SCCS(=O)(=O)c2ccccc2)C1. The molecule has 2 unspecified atom stereocenters. The first-order valence-electron chi connectivity index (χ1n) is 10.1.